The standard InChI is InChI=1S/C8H6I2O3/c1-4(11)13-5-2-6(9)8(12)7(10)3-5/h2-3,12H,1H3. The first kappa shape index (κ1) is 11.0. The first-order valence-electron chi connectivity index (χ1n) is 3.37. The second-order valence-electron chi connectivity index (χ2n) is 2.33. The van der Waals surface area contributed by atoms with Gasteiger partial charge in [0.2, 0.25) is 0 Å². The predicted octanol–water partition coefficient (Wildman–Crippen LogP) is 2.53. The maximum Gasteiger partial charge on any atom is 0.308 e. The third kappa shape index (κ3) is 2.97. The lowest BCUT2D eigenvalue weighted by molar-refractivity contribution is -0.131. The molecular weight excluding hydrogens is 398 g/mol. The van der Waals surface area contributed by atoms with Crippen LogP contribution < -0.4 is 4.74 Å². The Morgan fingerprint density at radius 1 is 1.38 bits per heavy atom. The highest BCUT2D eigenvalue weighted by atomic mass is 127. The number of phenols is 1. The number of ether oxygens (including phenoxy) is 1. The fourth-order valence-corrected chi connectivity index (χ4v) is 2.48. The number of hydrogen-bond donors (Lipinski definition) is 1. The van der Waals surface area contributed by atoms with Crippen molar-refractivity contribution in [1.82, 2.24) is 0 Å². The largest absolute Gasteiger partial charge is 0.506 e. The number of carbonyl (C=O) groups is 1. The van der Waals surface area contributed by atoms with Crippen molar-refractivity contribution in [1.29, 1.82) is 0 Å². The molecular formula is C8H6I2O3. The van der Waals surface area contributed by atoms with Gasteiger partial charge in [-0.15, -0.1) is 0 Å². The highest BCUT2D eigenvalue weighted by Crippen LogP contribution is 2.30. The molecule has 1 aromatic carbocycles. The van der Waals surface area contributed by atoms with Gasteiger partial charge in [0, 0.05) is 6.92 Å². The Kier molecular flexibility index (Phi) is 3.77. The minimum absolute atomic E-state index is 0.220. The average molecular weight is 404 g/mol. The summed E-state index contributed by atoms with van der Waals surface area (Å²) in [6.45, 7) is 1.34. The van der Waals surface area contributed by atoms with Crippen molar-refractivity contribution < 1.29 is 14.6 Å². The van der Waals surface area contributed by atoms with Crippen LogP contribution in [0.5, 0.6) is 11.5 Å². The molecule has 13 heavy (non-hydrogen) atoms. The SMILES string of the molecule is CC(=O)Oc1cc(I)c(O)c(I)c1. The lowest BCUT2D eigenvalue weighted by Crippen LogP contribution is -2.01. The minimum atomic E-state index is -0.364. The van der Waals surface area contributed by atoms with Crippen LogP contribution in [0.3, 0.4) is 0 Å². The Bertz CT molecular complexity index is 326. The molecule has 5 heteroatoms. The molecule has 0 atom stereocenters. The smallest absolute Gasteiger partial charge is 0.308 e. The number of phenolic OH excluding ortho intramolecular Hbond substituents is 1. The van der Waals surface area contributed by atoms with Gasteiger partial charge in [0.1, 0.15) is 11.5 Å². The van der Waals surface area contributed by atoms with Gasteiger partial charge in [0.25, 0.3) is 0 Å². The van der Waals surface area contributed by atoms with E-state index in [1.54, 1.807) is 12.1 Å². The van der Waals surface area contributed by atoms with E-state index >= 15 is 0 Å². The molecule has 0 saturated heterocycles. The van der Waals surface area contributed by atoms with Crippen LogP contribution in [0.4, 0.5) is 0 Å². The summed E-state index contributed by atoms with van der Waals surface area (Å²) in [6.07, 6.45) is 0. The normalized spacial score (nSPS) is 9.77. The van der Waals surface area contributed by atoms with Crippen LogP contribution in [0.25, 0.3) is 0 Å². The van der Waals surface area contributed by atoms with Gasteiger partial charge in [-0.3, -0.25) is 4.79 Å². The van der Waals surface area contributed by atoms with Crippen molar-refractivity contribution in [2.24, 2.45) is 0 Å². The summed E-state index contributed by atoms with van der Waals surface area (Å²) in [5.74, 6) is 0.313. The summed E-state index contributed by atoms with van der Waals surface area (Å²) in [7, 11) is 0. The Morgan fingerprint density at radius 3 is 2.23 bits per heavy atom. The number of halogens is 2. The maximum atomic E-state index is 10.6. The van der Waals surface area contributed by atoms with Crippen molar-refractivity contribution in [2.75, 3.05) is 0 Å². The molecule has 70 valence electrons. The highest BCUT2D eigenvalue weighted by Gasteiger charge is 2.07. The molecule has 0 spiro atoms. The lowest BCUT2D eigenvalue weighted by atomic mass is 10.3. The molecule has 0 radical (unpaired) electrons. The summed E-state index contributed by atoms with van der Waals surface area (Å²) in [5, 5.41) is 9.41. The van der Waals surface area contributed by atoms with Crippen LogP contribution >= 0.6 is 45.2 Å². The molecule has 0 unspecified atom stereocenters. The quantitative estimate of drug-likeness (QED) is 0.445. The number of hydrogen-bond acceptors (Lipinski definition) is 3. The van der Waals surface area contributed by atoms with Gasteiger partial charge in [-0.25, -0.2) is 0 Å². The van der Waals surface area contributed by atoms with Crippen molar-refractivity contribution in [2.45, 2.75) is 6.92 Å². The zero-order chi connectivity index (χ0) is 10.0. The number of esters is 1. The first-order valence-corrected chi connectivity index (χ1v) is 5.53. The molecule has 1 aromatic rings. The second kappa shape index (κ2) is 4.45. The molecule has 0 aromatic heterocycles. The maximum absolute atomic E-state index is 10.6. The Balaban J connectivity index is 3.06. The highest BCUT2D eigenvalue weighted by molar-refractivity contribution is 14.1. The van der Waals surface area contributed by atoms with Crippen molar-refractivity contribution in [3.63, 3.8) is 0 Å². The zero-order valence-corrected chi connectivity index (χ0v) is 11.0. The van der Waals surface area contributed by atoms with Crippen LogP contribution in [0.2, 0.25) is 0 Å². The molecule has 0 heterocycles. The topological polar surface area (TPSA) is 46.5 Å². The number of aromatic hydroxyl groups is 1. The Hall–Kier alpha value is -0.0500. The van der Waals surface area contributed by atoms with Crippen LogP contribution in [0.15, 0.2) is 12.1 Å². The van der Waals surface area contributed by atoms with E-state index in [1.165, 1.54) is 6.92 Å². The van der Waals surface area contributed by atoms with E-state index in [4.69, 9.17) is 4.74 Å². The van der Waals surface area contributed by atoms with Crippen molar-refractivity contribution >= 4 is 51.2 Å². The molecule has 3 nitrogen and oxygen atoms in total. The van der Waals surface area contributed by atoms with Gasteiger partial charge in [-0.2, -0.15) is 0 Å². The second-order valence-corrected chi connectivity index (χ2v) is 4.65. The zero-order valence-electron chi connectivity index (χ0n) is 6.67. The van der Waals surface area contributed by atoms with E-state index in [2.05, 4.69) is 0 Å². The molecule has 0 aliphatic rings. The van der Waals surface area contributed by atoms with Gasteiger partial charge < -0.3 is 9.84 Å². The van der Waals surface area contributed by atoms with Gasteiger partial charge in [0.15, 0.2) is 0 Å². The van der Waals surface area contributed by atoms with E-state index in [-0.39, 0.29) is 11.7 Å². The van der Waals surface area contributed by atoms with Crippen LogP contribution in [0.1, 0.15) is 6.92 Å². The van der Waals surface area contributed by atoms with Crippen LogP contribution in [-0.4, -0.2) is 11.1 Å². The van der Waals surface area contributed by atoms with E-state index in [0.717, 1.165) is 0 Å². The number of rotatable bonds is 1. The fraction of sp³-hybridized carbons (Fsp3) is 0.125. The Labute approximate surface area is 103 Å². The van der Waals surface area contributed by atoms with Gasteiger partial charge in [-0.05, 0) is 57.3 Å². The molecule has 0 saturated carbocycles. The minimum Gasteiger partial charge on any atom is -0.506 e. The van der Waals surface area contributed by atoms with Crippen molar-refractivity contribution in [3.8, 4) is 11.5 Å². The van der Waals surface area contributed by atoms with Crippen molar-refractivity contribution in [3.05, 3.63) is 19.3 Å². The molecule has 0 aliphatic carbocycles. The summed E-state index contributed by atoms with van der Waals surface area (Å²) in [5.41, 5.74) is 0. The third-order valence-electron chi connectivity index (χ3n) is 1.25. The van der Waals surface area contributed by atoms with Gasteiger partial charge in [-0.1, -0.05) is 0 Å². The summed E-state index contributed by atoms with van der Waals surface area (Å²) in [4.78, 5) is 10.6. The average Bonchev–Trinajstić information content (AvgIpc) is 1.98. The van der Waals surface area contributed by atoms with Crippen LogP contribution in [-0.2, 0) is 4.79 Å². The molecule has 0 fully saturated rings. The van der Waals surface area contributed by atoms with Crippen LogP contribution in [0, 0.1) is 7.14 Å². The van der Waals surface area contributed by atoms with Gasteiger partial charge >= 0.3 is 5.97 Å². The summed E-state index contributed by atoms with van der Waals surface area (Å²) >= 11 is 3.95. The summed E-state index contributed by atoms with van der Waals surface area (Å²) in [6, 6.07) is 3.22. The fourth-order valence-electron chi connectivity index (χ4n) is 0.767. The van der Waals surface area contributed by atoms with E-state index in [1.807, 2.05) is 45.2 Å². The molecule has 0 amide bonds. The first-order chi connectivity index (χ1) is 6.00. The number of benzene rings is 1. The predicted molar refractivity (Wildman–Crippen MR) is 64.8 cm³/mol. The molecule has 0 bridgehead atoms. The molecule has 0 aliphatic heterocycles. The number of carbonyl (C=O) groups excluding carboxylic acids is 1. The monoisotopic (exact) mass is 404 g/mol. The molecule has 1 N–H and O–H groups in total. The van der Waals surface area contributed by atoms with E-state index in [9.17, 15) is 9.90 Å². The van der Waals surface area contributed by atoms with E-state index in [0.29, 0.717) is 12.9 Å². The van der Waals surface area contributed by atoms with E-state index < -0.39 is 0 Å². The third-order valence-corrected chi connectivity index (χ3v) is 2.90. The lowest BCUT2D eigenvalue weighted by Gasteiger charge is -2.04. The summed E-state index contributed by atoms with van der Waals surface area (Å²) < 4.78 is 6.21. The molecule has 1 rings (SSSR count). The van der Waals surface area contributed by atoms with Gasteiger partial charge in [0.05, 0.1) is 7.14 Å². The Morgan fingerprint density at radius 2 is 1.85 bits per heavy atom.